The Morgan fingerprint density at radius 2 is 2.33 bits per heavy atom. The first kappa shape index (κ1) is 9.65. The Hall–Kier alpha value is -1.90. The first-order valence-corrected chi connectivity index (χ1v) is 4.81. The van der Waals surface area contributed by atoms with Crippen molar-refractivity contribution in [3.05, 3.63) is 54.1 Å². The number of ketones is 1. The molecule has 1 heterocycles. The molecule has 1 aromatic heterocycles. The Labute approximate surface area is 88.4 Å². The molecule has 0 unspecified atom stereocenters. The number of benzene rings is 1. The van der Waals surface area contributed by atoms with Crippen LogP contribution in [0.15, 0.2) is 43.0 Å². The van der Waals surface area contributed by atoms with Crippen molar-refractivity contribution in [1.29, 1.82) is 0 Å². The van der Waals surface area contributed by atoms with Crippen LogP contribution in [-0.2, 0) is 6.54 Å². The van der Waals surface area contributed by atoms with Gasteiger partial charge in [0.25, 0.3) is 0 Å². The van der Waals surface area contributed by atoms with Gasteiger partial charge in [0.05, 0.1) is 12.9 Å². The molecule has 0 aliphatic carbocycles. The van der Waals surface area contributed by atoms with Gasteiger partial charge in [0, 0.05) is 18.0 Å². The Morgan fingerprint density at radius 3 is 3.00 bits per heavy atom. The highest BCUT2D eigenvalue weighted by atomic mass is 16.1. The van der Waals surface area contributed by atoms with E-state index in [4.69, 9.17) is 0 Å². The summed E-state index contributed by atoms with van der Waals surface area (Å²) < 4.78 is 1.77. The lowest BCUT2D eigenvalue weighted by Crippen LogP contribution is -2.08. The predicted octanol–water partition coefficient (Wildman–Crippen LogP) is 2.07. The second-order valence-electron chi connectivity index (χ2n) is 3.53. The number of carbonyl (C=O) groups is 1. The third-order valence-electron chi connectivity index (χ3n) is 2.23. The van der Waals surface area contributed by atoms with Crippen LogP contribution in [0.5, 0.6) is 0 Å². The second-order valence-corrected chi connectivity index (χ2v) is 3.53. The molecule has 2 aromatic rings. The summed E-state index contributed by atoms with van der Waals surface area (Å²) in [5.41, 5.74) is 1.86. The Bertz CT molecular complexity index is 460. The van der Waals surface area contributed by atoms with Gasteiger partial charge in [-0.3, -0.25) is 4.79 Å². The van der Waals surface area contributed by atoms with Crippen molar-refractivity contribution in [2.24, 2.45) is 0 Å². The Morgan fingerprint density at radius 1 is 1.47 bits per heavy atom. The van der Waals surface area contributed by atoms with Crippen molar-refractivity contribution >= 4 is 5.78 Å². The third kappa shape index (κ3) is 2.31. The van der Waals surface area contributed by atoms with E-state index in [2.05, 4.69) is 4.98 Å². The minimum Gasteiger partial charge on any atom is -0.330 e. The highest BCUT2D eigenvalue weighted by molar-refractivity contribution is 5.96. The van der Waals surface area contributed by atoms with E-state index in [0.717, 1.165) is 11.1 Å². The molecular weight excluding hydrogens is 188 g/mol. The zero-order valence-electron chi connectivity index (χ0n) is 8.55. The molecule has 0 atom stereocenters. The van der Waals surface area contributed by atoms with Gasteiger partial charge in [-0.15, -0.1) is 0 Å². The third-order valence-corrected chi connectivity index (χ3v) is 2.23. The summed E-state index contributed by atoms with van der Waals surface area (Å²) in [4.78, 5) is 15.7. The molecular formula is C12H12N2O. The van der Waals surface area contributed by atoms with Crippen LogP contribution in [-0.4, -0.2) is 15.3 Å². The van der Waals surface area contributed by atoms with Gasteiger partial charge >= 0.3 is 0 Å². The van der Waals surface area contributed by atoms with Gasteiger partial charge in [-0.1, -0.05) is 23.8 Å². The smallest absolute Gasteiger partial charge is 0.182 e. The van der Waals surface area contributed by atoms with Gasteiger partial charge in [-0.2, -0.15) is 0 Å². The largest absolute Gasteiger partial charge is 0.330 e. The van der Waals surface area contributed by atoms with E-state index in [1.54, 1.807) is 23.3 Å². The molecule has 0 bridgehead atoms. The molecule has 2 rings (SSSR count). The summed E-state index contributed by atoms with van der Waals surface area (Å²) in [5.74, 6) is 0.108. The fraction of sp³-hybridized carbons (Fsp3) is 0.167. The van der Waals surface area contributed by atoms with Gasteiger partial charge in [0.1, 0.15) is 0 Å². The molecule has 0 aliphatic heterocycles. The lowest BCUT2D eigenvalue weighted by atomic mass is 10.1. The van der Waals surface area contributed by atoms with Crippen LogP contribution < -0.4 is 0 Å². The zero-order valence-corrected chi connectivity index (χ0v) is 8.55. The van der Waals surface area contributed by atoms with E-state index in [0.29, 0.717) is 6.54 Å². The van der Waals surface area contributed by atoms with Crippen LogP contribution in [0.3, 0.4) is 0 Å². The second kappa shape index (κ2) is 4.09. The molecule has 0 amide bonds. The molecule has 3 nitrogen and oxygen atoms in total. The summed E-state index contributed by atoms with van der Waals surface area (Å²) in [6, 6.07) is 7.62. The molecule has 3 heteroatoms. The van der Waals surface area contributed by atoms with Gasteiger partial charge in [0.15, 0.2) is 5.78 Å². The number of carbonyl (C=O) groups excluding carboxylic acids is 1. The maximum absolute atomic E-state index is 11.8. The van der Waals surface area contributed by atoms with Crippen LogP contribution in [0.1, 0.15) is 15.9 Å². The molecule has 1 aromatic carbocycles. The van der Waals surface area contributed by atoms with E-state index in [1.165, 1.54) is 0 Å². The molecule has 0 aliphatic rings. The number of nitrogens with zero attached hydrogens (tertiary/aromatic N) is 2. The van der Waals surface area contributed by atoms with Crippen molar-refractivity contribution in [3.63, 3.8) is 0 Å². The molecule has 0 fully saturated rings. The minimum atomic E-state index is 0.108. The number of aromatic nitrogens is 2. The Balaban J connectivity index is 2.15. The average molecular weight is 200 g/mol. The molecule has 0 radical (unpaired) electrons. The fourth-order valence-electron chi connectivity index (χ4n) is 1.46. The Kier molecular flexibility index (Phi) is 2.63. The number of rotatable bonds is 3. The lowest BCUT2D eigenvalue weighted by Gasteiger charge is -2.02. The van der Waals surface area contributed by atoms with Gasteiger partial charge < -0.3 is 4.57 Å². The highest BCUT2D eigenvalue weighted by Crippen LogP contribution is 2.06. The van der Waals surface area contributed by atoms with Crippen LogP contribution in [0, 0.1) is 6.92 Å². The minimum absolute atomic E-state index is 0.108. The standard InChI is InChI=1S/C12H12N2O/c1-10-3-2-4-11(7-10)12(15)8-14-6-5-13-9-14/h2-7,9H,8H2,1H3. The number of aryl methyl sites for hydroxylation is 1. The predicted molar refractivity (Wildman–Crippen MR) is 57.7 cm³/mol. The SMILES string of the molecule is Cc1cccc(C(=O)Cn2ccnc2)c1. The molecule has 0 saturated carbocycles. The zero-order chi connectivity index (χ0) is 10.7. The maximum atomic E-state index is 11.8. The molecule has 0 spiro atoms. The highest BCUT2D eigenvalue weighted by Gasteiger charge is 2.05. The van der Waals surface area contributed by atoms with Crippen LogP contribution in [0.4, 0.5) is 0 Å². The van der Waals surface area contributed by atoms with Crippen molar-refractivity contribution in [1.82, 2.24) is 9.55 Å². The van der Waals surface area contributed by atoms with Crippen LogP contribution >= 0.6 is 0 Å². The van der Waals surface area contributed by atoms with E-state index < -0.39 is 0 Å². The number of imidazole rings is 1. The first-order chi connectivity index (χ1) is 7.25. The summed E-state index contributed by atoms with van der Waals surface area (Å²) in [5, 5.41) is 0. The van der Waals surface area contributed by atoms with Gasteiger partial charge in [0.2, 0.25) is 0 Å². The molecule has 15 heavy (non-hydrogen) atoms. The fourth-order valence-corrected chi connectivity index (χ4v) is 1.46. The first-order valence-electron chi connectivity index (χ1n) is 4.81. The normalized spacial score (nSPS) is 10.2. The molecule has 0 saturated heterocycles. The summed E-state index contributed by atoms with van der Waals surface area (Å²) in [6.45, 7) is 2.33. The van der Waals surface area contributed by atoms with Crippen molar-refractivity contribution in [2.75, 3.05) is 0 Å². The van der Waals surface area contributed by atoms with E-state index in [-0.39, 0.29) is 5.78 Å². The molecule has 76 valence electrons. The quantitative estimate of drug-likeness (QED) is 0.711. The summed E-state index contributed by atoms with van der Waals surface area (Å²) in [6.07, 6.45) is 5.10. The monoisotopic (exact) mass is 200 g/mol. The number of hydrogen-bond acceptors (Lipinski definition) is 2. The summed E-state index contributed by atoms with van der Waals surface area (Å²) >= 11 is 0. The number of Topliss-reactive ketones (excluding diaryl/α,β-unsaturated/α-hetero) is 1. The average Bonchev–Trinajstić information content (AvgIpc) is 2.70. The van der Waals surface area contributed by atoms with Crippen molar-refractivity contribution < 1.29 is 4.79 Å². The van der Waals surface area contributed by atoms with Crippen molar-refractivity contribution in [2.45, 2.75) is 13.5 Å². The van der Waals surface area contributed by atoms with Gasteiger partial charge in [-0.25, -0.2) is 4.98 Å². The van der Waals surface area contributed by atoms with E-state index in [9.17, 15) is 4.79 Å². The van der Waals surface area contributed by atoms with E-state index >= 15 is 0 Å². The van der Waals surface area contributed by atoms with E-state index in [1.807, 2.05) is 31.2 Å². The topological polar surface area (TPSA) is 34.9 Å². The van der Waals surface area contributed by atoms with Crippen LogP contribution in [0.25, 0.3) is 0 Å². The summed E-state index contributed by atoms with van der Waals surface area (Å²) in [7, 11) is 0. The maximum Gasteiger partial charge on any atom is 0.182 e. The van der Waals surface area contributed by atoms with Crippen molar-refractivity contribution in [3.8, 4) is 0 Å². The lowest BCUT2D eigenvalue weighted by molar-refractivity contribution is 0.0972. The van der Waals surface area contributed by atoms with Crippen LogP contribution in [0.2, 0.25) is 0 Å². The molecule has 0 N–H and O–H groups in total. The van der Waals surface area contributed by atoms with Gasteiger partial charge in [-0.05, 0) is 13.0 Å². The number of hydrogen-bond donors (Lipinski definition) is 0.